The summed E-state index contributed by atoms with van der Waals surface area (Å²) in [4.78, 5) is 27.6. The van der Waals surface area contributed by atoms with Crippen molar-refractivity contribution in [2.24, 2.45) is 0 Å². The number of hydrogen-bond acceptors (Lipinski definition) is 6. The molecule has 3 aromatic rings. The highest BCUT2D eigenvalue weighted by molar-refractivity contribution is 7.14. The topological polar surface area (TPSA) is 86.1 Å². The first-order valence-electron chi connectivity index (χ1n) is 7.08. The van der Waals surface area contributed by atoms with Crippen molar-refractivity contribution in [1.82, 2.24) is 14.8 Å². The summed E-state index contributed by atoms with van der Waals surface area (Å²) in [6.07, 6.45) is 3.60. The van der Waals surface area contributed by atoms with E-state index < -0.39 is 0 Å². The van der Waals surface area contributed by atoms with E-state index in [1.807, 2.05) is 24.4 Å². The Balaban J connectivity index is 1.65. The van der Waals surface area contributed by atoms with Gasteiger partial charge in [-0.25, -0.2) is 9.67 Å². The summed E-state index contributed by atoms with van der Waals surface area (Å²) in [6.45, 7) is 0. The van der Waals surface area contributed by atoms with E-state index >= 15 is 0 Å². The molecule has 1 amide bonds. The molecule has 2 heterocycles. The first kappa shape index (κ1) is 15.9. The number of thiazole rings is 1. The summed E-state index contributed by atoms with van der Waals surface area (Å²) in [5.41, 5.74) is 1.94. The van der Waals surface area contributed by atoms with Gasteiger partial charge in [0.1, 0.15) is 0 Å². The zero-order valence-corrected chi connectivity index (χ0v) is 13.6. The van der Waals surface area contributed by atoms with Gasteiger partial charge in [-0.3, -0.25) is 14.9 Å². The van der Waals surface area contributed by atoms with Crippen molar-refractivity contribution in [3.63, 3.8) is 0 Å². The average molecular weight is 342 g/mol. The Morgan fingerprint density at radius 2 is 2.08 bits per heavy atom. The molecule has 2 aromatic heterocycles. The fourth-order valence-electron chi connectivity index (χ4n) is 2.02. The summed E-state index contributed by atoms with van der Waals surface area (Å²) >= 11 is 1.26. The maximum absolute atomic E-state index is 12.2. The van der Waals surface area contributed by atoms with Gasteiger partial charge in [0.05, 0.1) is 24.9 Å². The Kier molecular flexibility index (Phi) is 4.66. The van der Waals surface area contributed by atoms with Gasteiger partial charge in [0.2, 0.25) is 0 Å². The second-order valence-corrected chi connectivity index (χ2v) is 5.71. The highest BCUT2D eigenvalue weighted by Gasteiger charge is 2.11. The number of anilines is 1. The summed E-state index contributed by atoms with van der Waals surface area (Å²) in [7, 11) is 1.32. The molecule has 3 rings (SSSR count). The van der Waals surface area contributed by atoms with Gasteiger partial charge in [0, 0.05) is 23.3 Å². The molecule has 8 heteroatoms. The van der Waals surface area contributed by atoms with Crippen LogP contribution in [0.25, 0.3) is 5.69 Å². The second-order valence-electron chi connectivity index (χ2n) is 4.85. The predicted molar refractivity (Wildman–Crippen MR) is 89.4 cm³/mol. The molecule has 0 fully saturated rings. The SMILES string of the molecule is COC(=O)Cc1csc(NC(=O)c2ccc(-n3cccn3)cc2)n1. The zero-order valence-electron chi connectivity index (χ0n) is 12.8. The number of carbonyl (C=O) groups is 2. The van der Waals surface area contributed by atoms with Crippen LogP contribution < -0.4 is 5.32 Å². The van der Waals surface area contributed by atoms with Crippen LogP contribution in [0.5, 0.6) is 0 Å². The van der Waals surface area contributed by atoms with Gasteiger partial charge in [0.25, 0.3) is 5.91 Å². The lowest BCUT2D eigenvalue weighted by atomic mass is 10.2. The van der Waals surface area contributed by atoms with E-state index in [-0.39, 0.29) is 18.3 Å². The summed E-state index contributed by atoms with van der Waals surface area (Å²) in [6, 6.07) is 8.89. The number of amides is 1. The number of rotatable bonds is 5. The third-order valence-electron chi connectivity index (χ3n) is 3.22. The van der Waals surface area contributed by atoms with E-state index in [0.29, 0.717) is 16.4 Å². The van der Waals surface area contributed by atoms with Crippen LogP contribution in [0.15, 0.2) is 48.1 Å². The fourth-order valence-corrected chi connectivity index (χ4v) is 2.73. The summed E-state index contributed by atoms with van der Waals surface area (Å²) in [5.74, 6) is -0.631. The maximum atomic E-state index is 12.2. The molecule has 0 saturated heterocycles. The second kappa shape index (κ2) is 7.05. The standard InChI is InChI=1S/C16H14N4O3S/c1-23-14(21)9-12-10-24-16(18-12)19-15(22)11-3-5-13(6-4-11)20-8-2-7-17-20/h2-8,10H,9H2,1H3,(H,18,19,22). The van der Waals surface area contributed by atoms with E-state index in [1.54, 1.807) is 28.4 Å². The molecule has 1 aromatic carbocycles. The zero-order chi connectivity index (χ0) is 16.9. The van der Waals surface area contributed by atoms with Crippen molar-refractivity contribution in [3.8, 4) is 5.69 Å². The quantitative estimate of drug-likeness (QED) is 0.719. The number of carbonyl (C=O) groups excluding carboxylic acids is 2. The highest BCUT2D eigenvalue weighted by atomic mass is 32.1. The number of methoxy groups -OCH3 is 1. The van der Waals surface area contributed by atoms with E-state index in [0.717, 1.165) is 5.69 Å². The predicted octanol–water partition coefficient (Wildman–Crippen LogP) is 2.30. The molecule has 0 unspecified atom stereocenters. The summed E-state index contributed by atoms with van der Waals surface area (Å²) < 4.78 is 6.30. The van der Waals surface area contributed by atoms with Crippen LogP contribution in [0.4, 0.5) is 5.13 Å². The maximum Gasteiger partial charge on any atom is 0.311 e. The molecule has 0 aliphatic heterocycles. The molecule has 0 radical (unpaired) electrons. The van der Waals surface area contributed by atoms with E-state index in [2.05, 4.69) is 20.1 Å². The number of hydrogen-bond donors (Lipinski definition) is 1. The molecule has 0 spiro atoms. The number of nitrogens with zero attached hydrogens (tertiary/aromatic N) is 3. The van der Waals surface area contributed by atoms with Crippen molar-refractivity contribution in [2.75, 3.05) is 12.4 Å². The molecular weight excluding hydrogens is 328 g/mol. The van der Waals surface area contributed by atoms with Crippen molar-refractivity contribution < 1.29 is 14.3 Å². The van der Waals surface area contributed by atoms with Crippen LogP contribution in [-0.2, 0) is 16.0 Å². The average Bonchev–Trinajstić information content (AvgIpc) is 3.27. The van der Waals surface area contributed by atoms with Crippen molar-refractivity contribution in [2.45, 2.75) is 6.42 Å². The van der Waals surface area contributed by atoms with Crippen molar-refractivity contribution >= 4 is 28.3 Å². The van der Waals surface area contributed by atoms with E-state index in [4.69, 9.17) is 0 Å². The summed E-state index contributed by atoms with van der Waals surface area (Å²) in [5, 5.41) is 9.01. The molecule has 0 atom stereocenters. The molecule has 1 N–H and O–H groups in total. The number of ether oxygens (including phenoxy) is 1. The van der Waals surface area contributed by atoms with Gasteiger partial charge in [-0.2, -0.15) is 5.10 Å². The van der Waals surface area contributed by atoms with Crippen LogP contribution in [0.2, 0.25) is 0 Å². The third-order valence-corrected chi connectivity index (χ3v) is 4.03. The largest absolute Gasteiger partial charge is 0.469 e. The minimum Gasteiger partial charge on any atom is -0.469 e. The first-order chi connectivity index (χ1) is 11.7. The van der Waals surface area contributed by atoms with Gasteiger partial charge < -0.3 is 4.74 Å². The van der Waals surface area contributed by atoms with Gasteiger partial charge in [0.15, 0.2) is 5.13 Å². The van der Waals surface area contributed by atoms with Crippen LogP contribution in [0, 0.1) is 0 Å². The molecule has 24 heavy (non-hydrogen) atoms. The Morgan fingerprint density at radius 1 is 1.29 bits per heavy atom. The lowest BCUT2D eigenvalue weighted by Gasteiger charge is -2.04. The Bertz CT molecular complexity index is 841. The number of nitrogens with one attached hydrogen (secondary N) is 1. The molecule has 7 nitrogen and oxygen atoms in total. The van der Waals surface area contributed by atoms with Crippen LogP contribution in [0.1, 0.15) is 16.1 Å². The lowest BCUT2D eigenvalue weighted by molar-refractivity contribution is -0.139. The highest BCUT2D eigenvalue weighted by Crippen LogP contribution is 2.17. The van der Waals surface area contributed by atoms with Gasteiger partial charge >= 0.3 is 5.97 Å². The Labute approximate surface area is 141 Å². The van der Waals surface area contributed by atoms with E-state index in [1.165, 1.54) is 18.4 Å². The lowest BCUT2D eigenvalue weighted by Crippen LogP contribution is -2.12. The molecule has 0 aliphatic carbocycles. The minimum absolute atomic E-state index is 0.0848. The number of aromatic nitrogens is 3. The van der Waals surface area contributed by atoms with E-state index in [9.17, 15) is 9.59 Å². The molecule has 0 aliphatic rings. The van der Waals surface area contributed by atoms with Gasteiger partial charge in [-0.05, 0) is 30.3 Å². The molecular formula is C16H14N4O3S. The fraction of sp³-hybridized carbons (Fsp3) is 0.125. The normalized spacial score (nSPS) is 10.4. The smallest absolute Gasteiger partial charge is 0.311 e. The van der Waals surface area contributed by atoms with Gasteiger partial charge in [-0.15, -0.1) is 11.3 Å². The van der Waals surface area contributed by atoms with Crippen LogP contribution in [0.3, 0.4) is 0 Å². The molecule has 122 valence electrons. The number of esters is 1. The first-order valence-corrected chi connectivity index (χ1v) is 7.96. The van der Waals surface area contributed by atoms with Gasteiger partial charge in [-0.1, -0.05) is 0 Å². The minimum atomic E-state index is -0.368. The molecule has 0 saturated carbocycles. The Morgan fingerprint density at radius 3 is 2.75 bits per heavy atom. The Hall–Kier alpha value is -3.00. The molecule has 0 bridgehead atoms. The van der Waals surface area contributed by atoms with Crippen molar-refractivity contribution in [3.05, 3.63) is 59.4 Å². The third kappa shape index (κ3) is 3.66. The van der Waals surface area contributed by atoms with Crippen LogP contribution >= 0.6 is 11.3 Å². The number of benzene rings is 1. The monoisotopic (exact) mass is 342 g/mol. The van der Waals surface area contributed by atoms with Crippen molar-refractivity contribution in [1.29, 1.82) is 0 Å². The van der Waals surface area contributed by atoms with Crippen LogP contribution in [-0.4, -0.2) is 33.8 Å².